The van der Waals surface area contributed by atoms with Gasteiger partial charge in [-0.2, -0.15) is 0 Å². The highest BCUT2D eigenvalue weighted by Crippen LogP contribution is 2.20. The van der Waals surface area contributed by atoms with E-state index in [-0.39, 0.29) is 5.91 Å². The number of carbonyl (C=O) groups is 1. The Labute approximate surface area is 95.4 Å². The highest BCUT2D eigenvalue weighted by atomic mass is 79.9. The van der Waals surface area contributed by atoms with Crippen molar-refractivity contribution in [2.75, 3.05) is 0 Å². The molecule has 0 saturated heterocycles. The number of hydrogen-bond donors (Lipinski definition) is 2. The standard InChI is InChI=1S/C11H9BrN2O/c12-10-4-3-7-5-9(11(15)14-13)2-1-8(7)6-10/h1-6H,13H2,(H,14,15). The molecule has 0 aliphatic carbocycles. The van der Waals surface area contributed by atoms with E-state index >= 15 is 0 Å². The van der Waals surface area contributed by atoms with Gasteiger partial charge in [-0.1, -0.05) is 28.1 Å². The summed E-state index contributed by atoms with van der Waals surface area (Å²) in [4.78, 5) is 11.3. The summed E-state index contributed by atoms with van der Waals surface area (Å²) in [6.07, 6.45) is 0. The molecule has 0 unspecified atom stereocenters. The molecule has 2 rings (SSSR count). The van der Waals surface area contributed by atoms with Crippen LogP contribution in [0.3, 0.4) is 0 Å². The van der Waals surface area contributed by atoms with Crippen LogP contribution in [0, 0.1) is 0 Å². The fraction of sp³-hybridized carbons (Fsp3) is 0. The minimum absolute atomic E-state index is 0.278. The van der Waals surface area contributed by atoms with Crippen molar-refractivity contribution in [2.45, 2.75) is 0 Å². The van der Waals surface area contributed by atoms with Crippen LogP contribution in [0.5, 0.6) is 0 Å². The molecule has 0 aliphatic rings. The zero-order valence-corrected chi connectivity index (χ0v) is 9.41. The Morgan fingerprint density at radius 2 is 1.80 bits per heavy atom. The molecule has 3 N–H and O–H groups in total. The van der Waals surface area contributed by atoms with Crippen LogP contribution in [0.4, 0.5) is 0 Å². The van der Waals surface area contributed by atoms with Gasteiger partial charge in [-0.3, -0.25) is 10.2 Å². The van der Waals surface area contributed by atoms with Crippen LogP contribution < -0.4 is 11.3 Å². The molecule has 76 valence electrons. The van der Waals surface area contributed by atoms with E-state index in [9.17, 15) is 4.79 Å². The molecule has 0 aliphatic heterocycles. The van der Waals surface area contributed by atoms with Gasteiger partial charge < -0.3 is 0 Å². The summed E-state index contributed by atoms with van der Waals surface area (Å²) in [5.74, 6) is 4.79. The second-order valence-electron chi connectivity index (χ2n) is 3.18. The Hall–Kier alpha value is -1.39. The van der Waals surface area contributed by atoms with Crippen LogP contribution in [0.15, 0.2) is 40.9 Å². The molecule has 0 heterocycles. The van der Waals surface area contributed by atoms with Crippen molar-refractivity contribution in [3.63, 3.8) is 0 Å². The molecule has 1 amide bonds. The van der Waals surface area contributed by atoms with Crippen LogP contribution in [-0.2, 0) is 0 Å². The van der Waals surface area contributed by atoms with Crippen molar-refractivity contribution in [2.24, 2.45) is 5.84 Å². The number of amides is 1. The first-order valence-electron chi connectivity index (χ1n) is 4.41. The third kappa shape index (κ3) is 2.00. The Morgan fingerprint density at radius 3 is 2.53 bits per heavy atom. The van der Waals surface area contributed by atoms with Gasteiger partial charge in [-0.15, -0.1) is 0 Å². The lowest BCUT2D eigenvalue weighted by Gasteiger charge is -2.02. The maximum atomic E-state index is 11.3. The van der Waals surface area contributed by atoms with Crippen LogP contribution in [0.2, 0.25) is 0 Å². The van der Waals surface area contributed by atoms with Crippen LogP contribution >= 0.6 is 15.9 Å². The van der Waals surface area contributed by atoms with Gasteiger partial charge in [0.1, 0.15) is 0 Å². The average molecular weight is 265 g/mol. The lowest BCUT2D eigenvalue weighted by atomic mass is 10.1. The first-order valence-corrected chi connectivity index (χ1v) is 5.20. The van der Waals surface area contributed by atoms with E-state index in [1.165, 1.54) is 0 Å². The van der Waals surface area contributed by atoms with Crippen molar-refractivity contribution in [3.05, 3.63) is 46.4 Å². The molecule has 2 aromatic carbocycles. The quantitative estimate of drug-likeness (QED) is 0.472. The summed E-state index contributed by atoms with van der Waals surface area (Å²) in [6, 6.07) is 11.3. The maximum Gasteiger partial charge on any atom is 0.265 e. The number of rotatable bonds is 1. The second kappa shape index (κ2) is 4.00. The molecule has 0 aromatic heterocycles. The molecule has 4 heteroatoms. The molecule has 0 radical (unpaired) electrons. The number of nitrogen functional groups attached to an aromatic ring is 1. The Morgan fingerprint density at radius 1 is 1.13 bits per heavy atom. The molecular formula is C11H9BrN2O. The summed E-state index contributed by atoms with van der Waals surface area (Å²) >= 11 is 3.39. The van der Waals surface area contributed by atoms with Crippen molar-refractivity contribution in [1.29, 1.82) is 0 Å². The van der Waals surface area contributed by atoms with E-state index in [4.69, 9.17) is 5.84 Å². The van der Waals surface area contributed by atoms with E-state index in [1.54, 1.807) is 6.07 Å². The number of halogens is 1. The Balaban J connectivity index is 2.57. The van der Waals surface area contributed by atoms with Crippen molar-refractivity contribution >= 4 is 32.6 Å². The Kier molecular flexibility index (Phi) is 2.70. The number of nitrogens with two attached hydrogens (primary N) is 1. The highest BCUT2D eigenvalue weighted by molar-refractivity contribution is 9.10. The minimum atomic E-state index is -0.278. The fourth-order valence-corrected chi connectivity index (χ4v) is 1.82. The third-order valence-electron chi connectivity index (χ3n) is 2.20. The van der Waals surface area contributed by atoms with Gasteiger partial charge in [-0.05, 0) is 35.0 Å². The molecule has 0 bridgehead atoms. The summed E-state index contributed by atoms with van der Waals surface area (Å²) < 4.78 is 1.02. The Bertz CT molecular complexity index is 525. The number of carbonyl (C=O) groups excluding carboxylic acids is 1. The number of hydrogen-bond acceptors (Lipinski definition) is 2. The zero-order valence-electron chi connectivity index (χ0n) is 7.83. The van der Waals surface area contributed by atoms with Crippen molar-refractivity contribution in [3.8, 4) is 0 Å². The number of hydrazine groups is 1. The van der Waals surface area contributed by atoms with Crippen LogP contribution in [-0.4, -0.2) is 5.91 Å². The molecule has 0 spiro atoms. The monoisotopic (exact) mass is 264 g/mol. The van der Waals surface area contributed by atoms with Crippen molar-refractivity contribution < 1.29 is 4.79 Å². The molecule has 0 atom stereocenters. The topological polar surface area (TPSA) is 55.1 Å². The number of benzene rings is 2. The SMILES string of the molecule is NNC(=O)c1ccc2cc(Br)ccc2c1. The number of fused-ring (bicyclic) bond motifs is 1. The average Bonchev–Trinajstić information content (AvgIpc) is 2.27. The van der Waals surface area contributed by atoms with E-state index in [0.717, 1.165) is 15.2 Å². The summed E-state index contributed by atoms with van der Waals surface area (Å²) in [5, 5.41) is 2.09. The lowest BCUT2D eigenvalue weighted by molar-refractivity contribution is 0.0954. The maximum absolute atomic E-state index is 11.3. The van der Waals surface area contributed by atoms with Crippen molar-refractivity contribution in [1.82, 2.24) is 5.43 Å². The smallest absolute Gasteiger partial charge is 0.265 e. The first-order chi connectivity index (χ1) is 7.20. The predicted molar refractivity (Wildman–Crippen MR) is 63.3 cm³/mol. The summed E-state index contributed by atoms with van der Waals surface area (Å²) in [5.41, 5.74) is 2.67. The molecule has 3 nitrogen and oxygen atoms in total. The summed E-state index contributed by atoms with van der Waals surface area (Å²) in [7, 11) is 0. The zero-order chi connectivity index (χ0) is 10.8. The van der Waals surface area contributed by atoms with Gasteiger partial charge in [-0.25, -0.2) is 5.84 Å². The second-order valence-corrected chi connectivity index (χ2v) is 4.10. The van der Waals surface area contributed by atoms with Gasteiger partial charge in [0.15, 0.2) is 0 Å². The minimum Gasteiger partial charge on any atom is -0.290 e. The highest BCUT2D eigenvalue weighted by Gasteiger charge is 2.03. The number of nitrogens with one attached hydrogen (secondary N) is 1. The normalized spacial score (nSPS) is 10.3. The van der Waals surface area contributed by atoms with Gasteiger partial charge in [0.2, 0.25) is 0 Å². The summed E-state index contributed by atoms with van der Waals surface area (Å²) in [6.45, 7) is 0. The third-order valence-corrected chi connectivity index (χ3v) is 2.69. The largest absolute Gasteiger partial charge is 0.290 e. The van der Waals surface area contributed by atoms with E-state index in [1.807, 2.05) is 30.3 Å². The first kappa shape index (κ1) is 10.1. The van der Waals surface area contributed by atoms with Gasteiger partial charge in [0, 0.05) is 10.0 Å². The van der Waals surface area contributed by atoms with E-state index < -0.39 is 0 Å². The molecule has 0 saturated carbocycles. The lowest BCUT2D eigenvalue weighted by Crippen LogP contribution is -2.29. The van der Waals surface area contributed by atoms with Gasteiger partial charge >= 0.3 is 0 Å². The van der Waals surface area contributed by atoms with E-state index in [2.05, 4.69) is 21.4 Å². The molecule has 2 aromatic rings. The molecule has 0 fully saturated rings. The predicted octanol–water partition coefficient (Wildman–Crippen LogP) is 2.21. The molecule has 15 heavy (non-hydrogen) atoms. The van der Waals surface area contributed by atoms with Gasteiger partial charge in [0.05, 0.1) is 0 Å². The fourth-order valence-electron chi connectivity index (χ4n) is 1.44. The van der Waals surface area contributed by atoms with Crippen LogP contribution in [0.1, 0.15) is 10.4 Å². The van der Waals surface area contributed by atoms with Crippen LogP contribution in [0.25, 0.3) is 10.8 Å². The van der Waals surface area contributed by atoms with E-state index in [0.29, 0.717) is 5.56 Å². The molecular weight excluding hydrogens is 256 g/mol. The van der Waals surface area contributed by atoms with Gasteiger partial charge in [0.25, 0.3) is 5.91 Å².